The molecular formula is C7H14O2S. The maximum Gasteiger partial charge on any atom is 0.107 e. The molecule has 1 atom stereocenters. The smallest absolute Gasteiger partial charge is 0.107 e. The van der Waals surface area contributed by atoms with Crippen LogP contribution in [0.25, 0.3) is 0 Å². The van der Waals surface area contributed by atoms with Crippen LogP contribution in [-0.4, -0.2) is 23.0 Å². The van der Waals surface area contributed by atoms with Crippen LogP contribution in [0.2, 0.25) is 0 Å². The molecule has 1 saturated carbocycles. The molecule has 0 aromatic heterocycles. The second kappa shape index (κ2) is 4.11. The van der Waals surface area contributed by atoms with Gasteiger partial charge < -0.3 is 9.29 Å². The molecule has 0 heterocycles. The first kappa shape index (κ1) is 8.24. The second-order valence-corrected chi connectivity index (χ2v) is 3.90. The number of rotatable bonds is 3. The van der Waals surface area contributed by atoms with E-state index in [-0.39, 0.29) is 5.94 Å². The fourth-order valence-electron chi connectivity index (χ4n) is 1.21. The van der Waals surface area contributed by atoms with Crippen LogP contribution in [0.1, 0.15) is 25.7 Å². The Morgan fingerprint density at radius 2 is 2.10 bits per heavy atom. The van der Waals surface area contributed by atoms with Crippen molar-refractivity contribution in [3.63, 3.8) is 0 Å². The lowest BCUT2D eigenvalue weighted by Gasteiger charge is -2.11. The lowest BCUT2D eigenvalue weighted by atomic mass is 10.3. The quantitative estimate of drug-likeness (QED) is 0.637. The van der Waals surface area contributed by atoms with E-state index in [9.17, 15) is 0 Å². The van der Waals surface area contributed by atoms with Gasteiger partial charge in [-0.05, 0) is 29.5 Å². The highest BCUT2D eigenvalue weighted by Crippen LogP contribution is 2.26. The molecule has 2 nitrogen and oxygen atoms in total. The highest BCUT2D eigenvalue weighted by atomic mass is 32.2. The van der Waals surface area contributed by atoms with E-state index in [1.165, 1.54) is 12.8 Å². The van der Waals surface area contributed by atoms with Gasteiger partial charge in [0.25, 0.3) is 0 Å². The predicted octanol–water partition coefficient (Wildman–Crippen LogP) is 1.51. The first-order valence-electron chi connectivity index (χ1n) is 3.61. The molecule has 1 unspecified atom stereocenters. The minimum absolute atomic E-state index is 0.0660. The van der Waals surface area contributed by atoms with Crippen molar-refractivity contribution in [3.8, 4) is 0 Å². The highest BCUT2D eigenvalue weighted by molar-refractivity contribution is 8.09. The van der Waals surface area contributed by atoms with Crippen LogP contribution in [0.3, 0.4) is 0 Å². The van der Waals surface area contributed by atoms with Gasteiger partial charge in [0.05, 0.1) is 6.10 Å². The summed E-state index contributed by atoms with van der Waals surface area (Å²) in [6.07, 6.45) is 5.23. The van der Waals surface area contributed by atoms with Crippen molar-refractivity contribution in [1.29, 1.82) is 0 Å². The molecule has 0 aromatic rings. The largest absolute Gasteiger partial charge is 0.384 e. The molecule has 1 N–H and O–H groups in total. The van der Waals surface area contributed by atoms with Gasteiger partial charge in [-0.1, -0.05) is 12.8 Å². The summed E-state index contributed by atoms with van der Waals surface area (Å²) in [5.74, 6) is 3.74. The van der Waals surface area contributed by atoms with Crippen molar-refractivity contribution < 1.29 is 9.29 Å². The normalized spacial score (nSPS) is 23.3. The molecule has 3 heteroatoms. The molecule has 0 saturated heterocycles. The van der Waals surface area contributed by atoms with Gasteiger partial charge in [-0.2, -0.15) is 0 Å². The fourth-order valence-corrected chi connectivity index (χ4v) is 1.85. The third-order valence-corrected chi connectivity index (χ3v) is 2.55. The van der Waals surface area contributed by atoms with E-state index in [4.69, 9.17) is 9.29 Å². The van der Waals surface area contributed by atoms with Crippen molar-refractivity contribution in [1.82, 2.24) is 0 Å². The Morgan fingerprint density at radius 3 is 2.60 bits per heavy atom. The summed E-state index contributed by atoms with van der Waals surface area (Å²) < 4.78 is 5.43. The summed E-state index contributed by atoms with van der Waals surface area (Å²) in [7, 11) is -0.461. The van der Waals surface area contributed by atoms with Gasteiger partial charge in [-0.3, -0.25) is 0 Å². The van der Waals surface area contributed by atoms with Gasteiger partial charge in [0.15, 0.2) is 0 Å². The SMILES string of the molecule is C=S(CO)OC1CCCC1. The van der Waals surface area contributed by atoms with Crippen molar-refractivity contribution >= 4 is 16.6 Å². The van der Waals surface area contributed by atoms with E-state index >= 15 is 0 Å². The topological polar surface area (TPSA) is 29.5 Å². The summed E-state index contributed by atoms with van der Waals surface area (Å²) in [5.41, 5.74) is 0. The number of aliphatic hydroxyl groups is 1. The third-order valence-electron chi connectivity index (χ3n) is 1.72. The van der Waals surface area contributed by atoms with Crippen LogP contribution in [-0.2, 0) is 4.18 Å². The molecule has 1 rings (SSSR count). The van der Waals surface area contributed by atoms with Gasteiger partial charge >= 0.3 is 0 Å². The summed E-state index contributed by atoms with van der Waals surface area (Å²) in [4.78, 5) is 0. The van der Waals surface area contributed by atoms with Gasteiger partial charge in [0, 0.05) is 0 Å². The van der Waals surface area contributed by atoms with Crippen LogP contribution in [0.4, 0.5) is 0 Å². The zero-order chi connectivity index (χ0) is 7.40. The van der Waals surface area contributed by atoms with Gasteiger partial charge in [0.2, 0.25) is 0 Å². The lowest BCUT2D eigenvalue weighted by Crippen LogP contribution is -2.03. The molecule has 1 fully saturated rings. The Balaban J connectivity index is 2.17. The van der Waals surface area contributed by atoms with E-state index in [0.717, 1.165) is 12.8 Å². The fraction of sp³-hybridized carbons (Fsp3) is 0.857. The van der Waals surface area contributed by atoms with Crippen molar-refractivity contribution in [2.75, 3.05) is 5.94 Å². The monoisotopic (exact) mass is 162 g/mol. The molecular weight excluding hydrogens is 148 g/mol. The van der Waals surface area contributed by atoms with Gasteiger partial charge in [-0.25, -0.2) is 0 Å². The Bertz CT molecular complexity index is 119. The lowest BCUT2D eigenvalue weighted by molar-refractivity contribution is 0.239. The minimum Gasteiger partial charge on any atom is -0.384 e. The Kier molecular flexibility index (Phi) is 3.39. The molecule has 0 amide bonds. The van der Waals surface area contributed by atoms with E-state index in [1.54, 1.807) is 0 Å². The summed E-state index contributed by atoms with van der Waals surface area (Å²) in [5, 5.41) is 8.62. The first-order chi connectivity index (χ1) is 4.83. The zero-order valence-corrected chi connectivity index (χ0v) is 6.90. The first-order valence-corrected chi connectivity index (χ1v) is 5.10. The molecule has 0 spiro atoms. The standard InChI is InChI=1S/C7H14O2S/c1-10(6-8)9-7-4-2-3-5-7/h7-8H,1-6H2. The second-order valence-electron chi connectivity index (χ2n) is 2.57. The van der Waals surface area contributed by atoms with Crippen LogP contribution < -0.4 is 0 Å². The minimum atomic E-state index is -0.461. The molecule has 0 radical (unpaired) electrons. The number of aliphatic hydroxyl groups excluding tert-OH is 1. The predicted molar refractivity (Wildman–Crippen MR) is 45.1 cm³/mol. The van der Waals surface area contributed by atoms with E-state index < -0.39 is 10.8 Å². The molecule has 0 bridgehead atoms. The van der Waals surface area contributed by atoms with E-state index in [0.29, 0.717) is 6.10 Å². The maximum absolute atomic E-state index is 8.62. The summed E-state index contributed by atoms with van der Waals surface area (Å²) in [6.45, 7) is 0. The highest BCUT2D eigenvalue weighted by Gasteiger charge is 2.15. The molecule has 10 heavy (non-hydrogen) atoms. The third kappa shape index (κ3) is 2.40. The molecule has 1 aliphatic rings. The van der Waals surface area contributed by atoms with E-state index in [2.05, 4.69) is 5.87 Å². The Morgan fingerprint density at radius 1 is 1.50 bits per heavy atom. The average Bonchev–Trinajstić information content (AvgIpc) is 2.40. The maximum atomic E-state index is 8.62. The Hall–Kier alpha value is 0.140. The van der Waals surface area contributed by atoms with Gasteiger partial charge in [-0.15, -0.1) is 0 Å². The summed E-state index contributed by atoms with van der Waals surface area (Å²) in [6, 6.07) is 0. The van der Waals surface area contributed by atoms with Crippen molar-refractivity contribution in [3.05, 3.63) is 0 Å². The van der Waals surface area contributed by atoms with Crippen molar-refractivity contribution in [2.24, 2.45) is 0 Å². The molecule has 60 valence electrons. The van der Waals surface area contributed by atoms with Crippen LogP contribution in [0.15, 0.2) is 0 Å². The number of hydrogen-bond acceptors (Lipinski definition) is 2. The van der Waals surface area contributed by atoms with Crippen molar-refractivity contribution in [2.45, 2.75) is 31.8 Å². The van der Waals surface area contributed by atoms with E-state index in [1.807, 2.05) is 0 Å². The molecule has 1 aliphatic carbocycles. The average molecular weight is 162 g/mol. The number of hydrogen-bond donors (Lipinski definition) is 1. The molecule has 0 aliphatic heterocycles. The van der Waals surface area contributed by atoms with Crippen LogP contribution in [0, 0.1) is 0 Å². The van der Waals surface area contributed by atoms with Crippen LogP contribution in [0.5, 0.6) is 0 Å². The Labute approximate surface area is 64.3 Å². The summed E-state index contributed by atoms with van der Waals surface area (Å²) >= 11 is 0. The zero-order valence-electron chi connectivity index (χ0n) is 6.08. The van der Waals surface area contributed by atoms with Crippen LogP contribution >= 0.6 is 10.8 Å². The molecule has 0 aromatic carbocycles. The van der Waals surface area contributed by atoms with Gasteiger partial charge in [0.1, 0.15) is 5.94 Å².